The second-order valence-electron chi connectivity index (χ2n) is 4.92. The predicted octanol–water partition coefficient (Wildman–Crippen LogP) is 2.92. The van der Waals surface area contributed by atoms with Crippen molar-refractivity contribution in [3.63, 3.8) is 0 Å². The van der Waals surface area contributed by atoms with Gasteiger partial charge in [-0.3, -0.25) is 0 Å². The lowest BCUT2D eigenvalue weighted by atomic mass is 9.94. The van der Waals surface area contributed by atoms with Crippen LogP contribution in [0.15, 0.2) is 59.6 Å². The maximum absolute atomic E-state index is 13.0. The molecule has 4 heteroatoms. The number of aliphatic imine (C=N–C) groups is 1. The van der Waals surface area contributed by atoms with Crippen LogP contribution < -0.4 is 11.1 Å². The molecule has 2 atom stereocenters. The van der Waals surface area contributed by atoms with Gasteiger partial charge in [0, 0.05) is 0 Å². The SMILES string of the molecule is NC1=NC(c2ccccc2)CC(c2ccc(F)cc2)N1. The molecule has 0 saturated heterocycles. The zero-order valence-corrected chi connectivity index (χ0v) is 11.0. The molecule has 1 aliphatic heterocycles. The van der Waals surface area contributed by atoms with E-state index in [1.165, 1.54) is 12.1 Å². The molecule has 2 aromatic rings. The first kappa shape index (κ1) is 12.7. The van der Waals surface area contributed by atoms with Crippen molar-refractivity contribution in [2.45, 2.75) is 18.5 Å². The number of hydrogen-bond donors (Lipinski definition) is 2. The third-order valence-electron chi connectivity index (χ3n) is 3.53. The van der Waals surface area contributed by atoms with Crippen LogP contribution in [0.1, 0.15) is 29.6 Å². The lowest BCUT2D eigenvalue weighted by molar-refractivity contribution is 0.486. The zero-order chi connectivity index (χ0) is 13.9. The Hall–Kier alpha value is -2.36. The van der Waals surface area contributed by atoms with Crippen molar-refractivity contribution in [2.24, 2.45) is 10.7 Å². The Bertz CT molecular complexity index is 607. The fraction of sp³-hybridized carbons (Fsp3) is 0.188. The molecule has 0 fully saturated rings. The van der Waals surface area contributed by atoms with Gasteiger partial charge in [0.15, 0.2) is 5.96 Å². The minimum atomic E-state index is -0.231. The molecule has 0 radical (unpaired) electrons. The van der Waals surface area contributed by atoms with E-state index >= 15 is 0 Å². The molecule has 0 aromatic heterocycles. The number of benzene rings is 2. The normalized spacial score (nSPS) is 21.9. The van der Waals surface area contributed by atoms with Crippen LogP contribution in [0.25, 0.3) is 0 Å². The average molecular weight is 269 g/mol. The van der Waals surface area contributed by atoms with Gasteiger partial charge in [-0.15, -0.1) is 0 Å². The second-order valence-corrected chi connectivity index (χ2v) is 4.92. The van der Waals surface area contributed by atoms with Crippen molar-refractivity contribution in [3.05, 3.63) is 71.5 Å². The average Bonchev–Trinajstić information content (AvgIpc) is 2.48. The largest absolute Gasteiger partial charge is 0.370 e. The van der Waals surface area contributed by atoms with Crippen LogP contribution in [0.4, 0.5) is 4.39 Å². The first-order valence-electron chi connectivity index (χ1n) is 6.62. The van der Waals surface area contributed by atoms with Gasteiger partial charge < -0.3 is 11.1 Å². The van der Waals surface area contributed by atoms with Crippen molar-refractivity contribution in [1.29, 1.82) is 0 Å². The van der Waals surface area contributed by atoms with Gasteiger partial charge in [-0.05, 0) is 29.7 Å². The number of halogens is 1. The topological polar surface area (TPSA) is 50.4 Å². The molecule has 102 valence electrons. The number of nitrogens with one attached hydrogen (secondary N) is 1. The monoisotopic (exact) mass is 269 g/mol. The Morgan fingerprint density at radius 1 is 1.00 bits per heavy atom. The summed E-state index contributed by atoms with van der Waals surface area (Å²) in [5.41, 5.74) is 8.05. The highest BCUT2D eigenvalue weighted by Crippen LogP contribution is 2.32. The van der Waals surface area contributed by atoms with Crippen LogP contribution in [-0.2, 0) is 0 Å². The summed E-state index contributed by atoms with van der Waals surface area (Å²) in [6.07, 6.45) is 0.802. The zero-order valence-electron chi connectivity index (χ0n) is 11.0. The van der Waals surface area contributed by atoms with Crippen LogP contribution >= 0.6 is 0 Å². The molecule has 2 aromatic carbocycles. The Labute approximate surface area is 117 Å². The van der Waals surface area contributed by atoms with Crippen molar-refractivity contribution in [3.8, 4) is 0 Å². The third kappa shape index (κ3) is 2.64. The van der Waals surface area contributed by atoms with Gasteiger partial charge in [0.05, 0.1) is 12.1 Å². The molecule has 20 heavy (non-hydrogen) atoms. The molecule has 3 N–H and O–H groups in total. The minimum Gasteiger partial charge on any atom is -0.370 e. The molecule has 1 aliphatic rings. The highest BCUT2D eigenvalue weighted by molar-refractivity contribution is 5.79. The summed E-state index contributed by atoms with van der Waals surface area (Å²) in [6, 6.07) is 16.7. The van der Waals surface area contributed by atoms with E-state index in [1.54, 1.807) is 12.1 Å². The van der Waals surface area contributed by atoms with E-state index in [2.05, 4.69) is 22.4 Å². The molecule has 1 heterocycles. The van der Waals surface area contributed by atoms with Gasteiger partial charge >= 0.3 is 0 Å². The summed E-state index contributed by atoms with van der Waals surface area (Å²) in [5, 5.41) is 3.16. The third-order valence-corrected chi connectivity index (χ3v) is 3.53. The molecule has 3 nitrogen and oxygen atoms in total. The fourth-order valence-corrected chi connectivity index (χ4v) is 2.52. The van der Waals surface area contributed by atoms with Crippen molar-refractivity contribution < 1.29 is 4.39 Å². The Morgan fingerprint density at radius 3 is 2.40 bits per heavy atom. The van der Waals surface area contributed by atoms with Crippen LogP contribution in [0.5, 0.6) is 0 Å². The molecular formula is C16H16FN3. The number of guanidine groups is 1. The van der Waals surface area contributed by atoms with Gasteiger partial charge in [-0.2, -0.15) is 0 Å². The second kappa shape index (κ2) is 5.33. The highest BCUT2D eigenvalue weighted by atomic mass is 19.1. The summed E-state index contributed by atoms with van der Waals surface area (Å²) in [6.45, 7) is 0. The van der Waals surface area contributed by atoms with E-state index in [0.717, 1.165) is 17.5 Å². The molecule has 0 amide bonds. The molecule has 0 aliphatic carbocycles. The molecule has 3 rings (SSSR count). The molecular weight excluding hydrogens is 253 g/mol. The van der Waals surface area contributed by atoms with Gasteiger partial charge in [0.25, 0.3) is 0 Å². The summed E-state index contributed by atoms with van der Waals surface area (Å²) in [5.74, 6) is 0.199. The number of hydrogen-bond acceptors (Lipinski definition) is 3. The Kier molecular flexibility index (Phi) is 3.37. The maximum Gasteiger partial charge on any atom is 0.189 e. The fourth-order valence-electron chi connectivity index (χ4n) is 2.52. The quantitative estimate of drug-likeness (QED) is 0.880. The van der Waals surface area contributed by atoms with Crippen LogP contribution in [-0.4, -0.2) is 5.96 Å². The summed E-state index contributed by atoms with van der Waals surface area (Å²) in [7, 11) is 0. The molecule has 0 bridgehead atoms. The minimum absolute atomic E-state index is 0.0347. The molecule has 2 unspecified atom stereocenters. The predicted molar refractivity (Wildman–Crippen MR) is 77.7 cm³/mol. The maximum atomic E-state index is 13.0. The van der Waals surface area contributed by atoms with Crippen molar-refractivity contribution in [1.82, 2.24) is 5.32 Å². The van der Waals surface area contributed by atoms with Gasteiger partial charge in [0.1, 0.15) is 5.82 Å². The smallest absolute Gasteiger partial charge is 0.189 e. The van der Waals surface area contributed by atoms with Crippen LogP contribution in [0.3, 0.4) is 0 Å². The van der Waals surface area contributed by atoms with Gasteiger partial charge in [-0.25, -0.2) is 9.38 Å². The van der Waals surface area contributed by atoms with Crippen molar-refractivity contribution >= 4 is 5.96 Å². The van der Waals surface area contributed by atoms with Crippen LogP contribution in [0, 0.1) is 5.82 Å². The number of nitrogens with two attached hydrogens (primary N) is 1. The molecule has 0 spiro atoms. The van der Waals surface area contributed by atoms with Gasteiger partial charge in [-0.1, -0.05) is 42.5 Å². The number of nitrogens with zero attached hydrogens (tertiary/aromatic N) is 1. The van der Waals surface area contributed by atoms with E-state index < -0.39 is 0 Å². The standard InChI is InChI=1S/C16H16FN3/c17-13-8-6-12(7-9-13)15-10-14(19-16(18)20-15)11-4-2-1-3-5-11/h1-9,14-15H,10H2,(H3,18,19,20). The Morgan fingerprint density at radius 2 is 1.70 bits per heavy atom. The first-order chi connectivity index (χ1) is 9.72. The molecule has 0 saturated carbocycles. The van der Waals surface area contributed by atoms with Crippen LogP contribution in [0.2, 0.25) is 0 Å². The first-order valence-corrected chi connectivity index (χ1v) is 6.62. The van der Waals surface area contributed by atoms with E-state index in [1.807, 2.05) is 18.2 Å². The van der Waals surface area contributed by atoms with E-state index in [0.29, 0.717) is 5.96 Å². The summed E-state index contributed by atoms with van der Waals surface area (Å²) in [4.78, 5) is 4.46. The van der Waals surface area contributed by atoms with E-state index in [4.69, 9.17) is 5.73 Å². The van der Waals surface area contributed by atoms with Gasteiger partial charge in [0.2, 0.25) is 0 Å². The summed E-state index contributed by atoms with van der Waals surface area (Å²) >= 11 is 0. The number of rotatable bonds is 2. The lowest BCUT2D eigenvalue weighted by Crippen LogP contribution is -2.39. The van der Waals surface area contributed by atoms with Crippen molar-refractivity contribution in [2.75, 3.05) is 0 Å². The van der Waals surface area contributed by atoms with E-state index in [9.17, 15) is 4.39 Å². The summed E-state index contributed by atoms with van der Waals surface area (Å²) < 4.78 is 13.0. The highest BCUT2D eigenvalue weighted by Gasteiger charge is 2.24. The Balaban J connectivity index is 1.86. The van der Waals surface area contributed by atoms with E-state index in [-0.39, 0.29) is 17.9 Å². The lowest BCUT2D eigenvalue weighted by Gasteiger charge is -2.28.